The first-order valence-electron chi connectivity index (χ1n) is 8.04. The Bertz CT molecular complexity index is 868. The highest BCUT2D eigenvalue weighted by Crippen LogP contribution is 2.26. The molecule has 3 aromatic rings. The quantitative estimate of drug-likeness (QED) is 0.541. The van der Waals surface area contributed by atoms with E-state index in [1.165, 1.54) is 18.1 Å². The molecule has 4 nitrogen and oxygen atoms in total. The molecule has 1 aromatic heterocycles. The van der Waals surface area contributed by atoms with E-state index in [-0.39, 0.29) is 11.2 Å². The molecule has 0 radical (unpaired) electrons. The molecule has 0 bridgehead atoms. The second-order valence-corrected chi connectivity index (χ2v) is 7.03. The third-order valence-corrected chi connectivity index (χ3v) is 4.81. The van der Waals surface area contributed by atoms with Crippen molar-refractivity contribution in [2.24, 2.45) is 0 Å². The zero-order chi connectivity index (χ0) is 17.6. The smallest absolute Gasteiger partial charge is 0.237 e. The van der Waals surface area contributed by atoms with Crippen molar-refractivity contribution in [2.75, 3.05) is 5.32 Å². The molecule has 2 aromatic carbocycles. The van der Waals surface area contributed by atoms with E-state index >= 15 is 0 Å². The number of para-hydroxylation sites is 1. The molecule has 1 N–H and O–H groups in total. The second-order valence-electron chi connectivity index (χ2n) is 5.67. The molecule has 0 unspecified atom stereocenters. The van der Waals surface area contributed by atoms with E-state index in [1.54, 1.807) is 0 Å². The summed E-state index contributed by atoms with van der Waals surface area (Å²) in [5.41, 5.74) is 3.77. The van der Waals surface area contributed by atoms with E-state index in [2.05, 4.69) is 15.3 Å². The van der Waals surface area contributed by atoms with Gasteiger partial charge in [-0.05, 0) is 31.5 Å². The van der Waals surface area contributed by atoms with Crippen LogP contribution in [-0.2, 0) is 4.79 Å². The summed E-state index contributed by atoms with van der Waals surface area (Å²) in [6.45, 7) is 3.85. The molecule has 5 heteroatoms. The largest absolute Gasteiger partial charge is 0.325 e. The molecule has 126 valence electrons. The SMILES string of the molecule is Cc1ccccc1NC(=O)[C@@H](C)Sc1cc(-c2ccccc2)ncn1. The first kappa shape index (κ1) is 17.2. The summed E-state index contributed by atoms with van der Waals surface area (Å²) in [5, 5.41) is 3.49. The summed E-state index contributed by atoms with van der Waals surface area (Å²) in [5.74, 6) is -0.0424. The maximum absolute atomic E-state index is 12.4. The second kappa shape index (κ2) is 7.94. The van der Waals surface area contributed by atoms with Gasteiger partial charge in [0.1, 0.15) is 11.4 Å². The van der Waals surface area contributed by atoms with Gasteiger partial charge < -0.3 is 5.32 Å². The maximum atomic E-state index is 12.4. The number of hydrogen-bond acceptors (Lipinski definition) is 4. The summed E-state index contributed by atoms with van der Waals surface area (Å²) in [4.78, 5) is 21.0. The maximum Gasteiger partial charge on any atom is 0.237 e. The van der Waals surface area contributed by atoms with Crippen molar-refractivity contribution in [3.8, 4) is 11.3 Å². The number of nitrogens with one attached hydrogen (secondary N) is 1. The monoisotopic (exact) mass is 349 g/mol. The molecule has 0 aliphatic rings. The predicted molar refractivity (Wildman–Crippen MR) is 103 cm³/mol. The number of anilines is 1. The lowest BCUT2D eigenvalue weighted by Gasteiger charge is -2.13. The van der Waals surface area contributed by atoms with E-state index in [4.69, 9.17) is 0 Å². The lowest BCUT2D eigenvalue weighted by atomic mass is 10.1. The Hall–Kier alpha value is -2.66. The summed E-state index contributed by atoms with van der Waals surface area (Å²) in [7, 11) is 0. The number of aryl methyl sites for hydroxylation is 1. The minimum Gasteiger partial charge on any atom is -0.325 e. The number of benzene rings is 2. The van der Waals surface area contributed by atoms with Crippen LogP contribution in [0.15, 0.2) is 72.0 Å². The van der Waals surface area contributed by atoms with Gasteiger partial charge in [-0.1, -0.05) is 60.3 Å². The van der Waals surface area contributed by atoms with Crippen LogP contribution in [0.3, 0.4) is 0 Å². The van der Waals surface area contributed by atoms with E-state index < -0.39 is 0 Å². The minimum atomic E-state index is -0.266. The number of hydrogen-bond donors (Lipinski definition) is 1. The molecule has 3 rings (SSSR count). The van der Waals surface area contributed by atoms with Crippen LogP contribution in [-0.4, -0.2) is 21.1 Å². The van der Waals surface area contributed by atoms with Gasteiger partial charge in [0.25, 0.3) is 0 Å². The fraction of sp³-hybridized carbons (Fsp3) is 0.150. The molecule has 0 spiro atoms. The van der Waals surface area contributed by atoms with Gasteiger partial charge in [0.15, 0.2) is 0 Å². The van der Waals surface area contributed by atoms with Crippen molar-refractivity contribution in [3.63, 3.8) is 0 Å². The topological polar surface area (TPSA) is 54.9 Å². The zero-order valence-electron chi connectivity index (χ0n) is 14.1. The average Bonchev–Trinajstić information content (AvgIpc) is 2.64. The molecule has 1 amide bonds. The van der Waals surface area contributed by atoms with Crippen LogP contribution in [0.5, 0.6) is 0 Å². The van der Waals surface area contributed by atoms with Crippen molar-refractivity contribution in [1.29, 1.82) is 0 Å². The van der Waals surface area contributed by atoms with Crippen LogP contribution >= 0.6 is 11.8 Å². The van der Waals surface area contributed by atoms with E-state index in [0.717, 1.165) is 27.5 Å². The number of carbonyl (C=O) groups excluding carboxylic acids is 1. The summed E-state index contributed by atoms with van der Waals surface area (Å²) >= 11 is 1.42. The lowest BCUT2D eigenvalue weighted by Crippen LogP contribution is -2.22. The van der Waals surface area contributed by atoms with Gasteiger partial charge in [0, 0.05) is 11.3 Å². The minimum absolute atomic E-state index is 0.0424. The number of nitrogens with zero attached hydrogens (tertiary/aromatic N) is 2. The fourth-order valence-electron chi connectivity index (χ4n) is 2.35. The summed E-state index contributed by atoms with van der Waals surface area (Å²) < 4.78 is 0. The Morgan fingerprint density at radius 2 is 1.76 bits per heavy atom. The highest BCUT2D eigenvalue weighted by molar-refractivity contribution is 8.00. The molecular weight excluding hydrogens is 330 g/mol. The lowest BCUT2D eigenvalue weighted by molar-refractivity contribution is -0.115. The Labute approximate surface area is 151 Å². The van der Waals surface area contributed by atoms with Gasteiger partial charge in [0.2, 0.25) is 5.91 Å². The van der Waals surface area contributed by atoms with Gasteiger partial charge in [-0.25, -0.2) is 9.97 Å². The summed E-state index contributed by atoms with van der Waals surface area (Å²) in [6.07, 6.45) is 1.54. The molecule has 0 saturated carbocycles. The van der Waals surface area contributed by atoms with Gasteiger partial charge in [0.05, 0.1) is 10.9 Å². The van der Waals surface area contributed by atoms with Crippen LogP contribution in [0.2, 0.25) is 0 Å². The highest BCUT2D eigenvalue weighted by Gasteiger charge is 2.16. The number of amides is 1. The number of thioether (sulfide) groups is 1. The van der Waals surface area contributed by atoms with Crippen LogP contribution in [0.4, 0.5) is 5.69 Å². The van der Waals surface area contributed by atoms with Crippen molar-refractivity contribution < 1.29 is 4.79 Å². The van der Waals surface area contributed by atoms with E-state index in [1.807, 2.05) is 74.5 Å². The molecular formula is C20H19N3OS. The number of aromatic nitrogens is 2. The molecule has 0 fully saturated rings. The molecule has 0 aliphatic carbocycles. The molecule has 1 heterocycles. The number of rotatable bonds is 5. The van der Waals surface area contributed by atoms with Crippen LogP contribution in [0, 0.1) is 6.92 Å². The average molecular weight is 349 g/mol. The highest BCUT2D eigenvalue weighted by atomic mass is 32.2. The molecule has 1 atom stereocenters. The Kier molecular flexibility index (Phi) is 5.46. The van der Waals surface area contributed by atoms with Gasteiger partial charge in [-0.2, -0.15) is 0 Å². The Morgan fingerprint density at radius 3 is 2.52 bits per heavy atom. The normalized spacial score (nSPS) is 11.8. The van der Waals surface area contributed by atoms with Gasteiger partial charge in [-0.15, -0.1) is 0 Å². The molecule has 0 saturated heterocycles. The van der Waals surface area contributed by atoms with Crippen LogP contribution < -0.4 is 5.32 Å². The molecule has 0 aliphatic heterocycles. The van der Waals surface area contributed by atoms with E-state index in [0.29, 0.717) is 0 Å². The first-order chi connectivity index (χ1) is 12.1. The third kappa shape index (κ3) is 4.45. The van der Waals surface area contributed by atoms with Crippen LogP contribution in [0.1, 0.15) is 12.5 Å². The van der Waals surface area contributed by atoms with Crippen molar-refractivity contribution in [2.45, 2.75) is 24.1 Å². The van der Waals surface area contributed by atoms with Crippen LogP contribution in [0.25, 0.3) is 11.3 Å². The first-order valence-corrected chi connectivity index (χ1v) is 8.92. The van der Waals surface area contributed by atoms with Crippen molar-refractivity contribution >= 4 is 23.4 Å². The Balaban J connectivity index is 1.69. The van der Waals surface area contributed by atoms with Gasteiger partial charge >= 0.3 is 0 Å². The Morgan fingerprint density at radius 1 is 1.04 bits per heavy atom. The molecule has 25 heavy (non-hydrogen) atoms. The summed E-state index contributed by atoms with van der Waals surface area (Å²) in [6, 6.07) is 19.6. The fourth-order valence-corrected chi connectivity index (χ4v) is 3.17. The van der Waals surface area contributed by atoms with Crippen molar-refractivity contribution in [3.05, 3.63) is 72.6 Å². The van der Waals surface area contributed by atoms with Gasteiger partial charge in [-0.3, -0.25) is 4.79 Å². The zero-order valence-corrected chi connectivity index (χ0v) is 15.0. The predicted octanol–water partition coefficient (Wildman–Crippen LogP) is 4.57. The third-order valence-electron chi connectivity index (χ3n) is 3.78. The standard InChI is InChI=1S/C20H19N3OS/c1-14-8-6-7-11-17(14)23-20(24)15(2)25-19-12-18(21-13-22-19)16-9-4-3-5-10-16/h3-13,15H,1-2H3,(H,23,24)/t15-/m1/s1. The number of carbonyl (C=O) groups is 1. The van der Waals surface area contributed by atoms with E-state index in [9.17, 15) is 4.79 Å². The van der Waals surface area contributed by atoms with Crippen molar-refractivity contribution in [1.82, 2.24) is 9.97 Å².